The van der Waals surface area contributed by atoms with Crippen LogP contribution in [0.25, 0.3) is 11.0 Å². The standard InChI is InChI=1S/C38H51N7O6/c1-23-31-22-45(32(23)24(2)46)35(47)33(38(3,4)5)44-37(48)51-30-14-9-12-25(30)11-7-6-8-13-28-34(50-31)43-29-21-26(15-16-27(29)42-28)49-20-19-41-36-39-17-10-18-40-36/h10,15-18,21,23,25,30-33H,6-9,11-14,19-20,22H2,1-5H3,(H,44,48)(H,39,40,41)/t23-,25-,30-,31+,32+,33-/m1/s1. The first-order chi connectivity index (χ1) is 24.5. The van der Waals surface area contributed by atoms with E-state index in [1.165, 1.54) is 6.92 Å². The summed E-state index contributed by atoms with van der Waals surface area (Å²) in [6.07, 6.45) is 9.46. The second-order valence-electron chi connectivity index (χ2n) is 15.2. The fourth-order valence-electron chi connectivity index (χ4n) is 7.66. The van der Waals surface area contributed by atoms with Gasteiger partial charge in [0.25, 0.3) is 0 Å². The molecule has 2 aromatic heterocycles. The molecule has 2 aliphatic heterocycles. The van der Waals surface area contributed by atoms with E-state index >= 15 is 0 Å². The van der Waals surface area contributed by atoms with Crippen molar-refractivity contribution in [3.8, 4) is 11.6 Å². The zero-order chi connectivity index (χ0) is 36.1. The maximum Gasteiger partial charge on any atom is 0.408 e. The molecule has 274 valence electrons. The molecule has 1 aromatic carbocycles. The molecule has 13 nitrogen and oxygen atoms in total. The molecule has 0 unspecified atom stereocenters. The molecule has 4 heterocycles. The van der Waals surface area contributed by atoms with Crippen LogP contribution in [0.2, 0.25) is 0 Å². The number of aryl methyl sites for hydroxylation is 1. The number of alkyl carbamates (subject to hydrolysis) is 1. The first kappa shape index (κ1) is 36.2. The Hall–Kier alpha value is -4.55. The lowest BCUT2D eigenvalue weighted by atomic mass is 9.85. The number of anilines is 1. The van der Waals surface area contributed by atoms with Crippen LogP contribution in [-0.2, 0) is 20.7 Å². The number of nitrogens with zero attached hydrogens (tertiary/aromatic N) is 5. The summed E-state index contributed by atoms with van der Waals surface area (Å²) >= 11 is 0. The number of benzene rings is 1. The van der Waals surface area contributed by atoms with Crippen molar-refractivity contribution < 1.29 is 28.6 Å². The van der Waals surface area contributed by atoms with E-state index in [0.717, 1.165) is 56.2 Å². The van der Waals surface area contributed by atoms with Gasteiger partial charge in [-0.2, -0.15) is 0 Å². The van der Waals surface area contributed by atoms with Crippen LogP contribution in [0.1, 0.15) is 85.3 Å². The fraction of sp³-hybridized carbons (Fsp3) is 0.605. The predicted molar refractivity (Wildman–Crippen MR) is 191 cm³/mol. The molecule has 6 rings (SSSR count). The molecule has 1 aliphatic carbocycles. The number of aromatic nitrogens is 4. The van der Waals surface area contributed by atoms with Crippen LogP contribution in [0.4, 0.5) is 10.7 Å². The molecule has 6 atom stereocenters. The number of amides is 2. The Morgan fingerprint density at radius 3 is 2.55 bits per heavy atom. The third-order valence-corrected chi connectivity index (χ3v) is 10.4. The highest BCUT2D eigenvalue weighted by atomic mass is 16.6. The number of carbonyl (C=O) groups excluding carboxylic acids is 3. The van der Waals surface area contributed by atoms with Gasteiger partial charge in [-0.15, -0.1) is 0 Å². The molecule has 0 radical (unpaired) electrons. The summed E-state index contributed by atoms with van der Waals surface area (Å²) in [4.78, 5) is 60.6. The highest BCUT2D eigenvalue weighted by Gasteiger charge is 2.49. The molecule has 1 saturated carbocycles. The van der Waals surface area contributed by atoms with Crippen molar-refractivity contribution in [2.24, 2.45) is 17.3 Å². The number of ether oxygens (including phenoxy) is 3. The lowest BCUT2D eigenvalue weighted by Gasteiger charge is -2.35. The van der Waals surface area contributed by atoms with Gasteiger partial charge in [0.15, 0.2) is 5.78 Å². The third kappa shape index (κ3) is 8.68. The zero-order valence-electron chi connectivity index (χ0n) is 30.4. The van der Waals surface area contributed by atoms with E-state index in [0.29, 0.717) is 48.6 Å². The predicted octanol–water partition coefficient (Wildman–Crippen LogP) is 5.52. The molecular weight excluding hydrogens is 650 g/mol. The minimum Gasteiger partial charge on any atom is -0.492 e. The molecule has 3 aromatic rings. The lowest BCUT2D eigenvalue weighted by molar-refractivity contribution is -0.141. The second kappa shape index (κ2) is 15.8. The van der Waals surface area contributed by atoms with Crippen molar-refractivity contribution in [2.45, 2.75) is 110 Å². The van der Waals surface area contributed by atoms with E-state index in [4.69, 9.17) is 24.2 Å². The highest BCUT2D eigenvalue weighted by Crippen LogP contribution is 2.35. The van der Waals surface area contributed by atoms with E-state index in [1.807, 2.05) is 45.9 Å². The van der Waals surface area contributed by atoms with Gasteiger partial charge >= 0.3 is 6.09 Å². The summed E-state index contributed by atoms with van der Waals surface area (Å²) in [5.41, 5.74) is 1.47. The van der Waals surface area contributed by atoms with Crippen molar-refractivity contribution in [1.29, 1.82) is 0 Å². The Kier molecular flexibility index (Phi) is 11.2. The van der Waals surface area contributed by atoms with Crippen molar-refractivity contribution in [1.82, 2.24) is 30.2 Å². The van der Waals surface area contributed by atoms with Gasteiger partial charge in [0.1, 0.15) is 36.3 Å². The van der Waals surface area contributed by atoms with Crippen LogP contribution in [0.5, 0.6) is 11.6 Å². The van der Waals surface area contributed by atoms with Crippen LogP contribution in [0, 0.1) is 17.3 Å². The van der Waals surface area contributed by atoms with Crippen LogP contribution in [0.3, 0.4) is 0 Å². The summed E-state index contributed by atoms with van der Waals surface area (Å²) in [6, 6.07) is 5.77. The molecule has 2 N–H and O–H groups in total. The molecular formula is C38H51N7O6. The number of hydrogen-bond acceptors (Lipinski definition) is 11. The molecule has 0 spiro atoms. The smallest absolute Gasteiger partial charge is 0.408 e. The van der Waals surface area contributed by atoms with Gasteiger partial charge in [-0.1, -0.05) is 40.5 Å². The maximum atomic E-state index is 14.3. The average Bonchev–Trinajstić information content (AvgIpc) is 3.67. The summed E-state index contributed by atoms with van der Waals surface area (Å²) in [5, 5.41) is 6.03. The first-order valence-corrected chi connectivity index (χ1v) is 18.4. The van der Waals surface area contributed by atoms with Gasteiger partial charge < -0.3 is 29.7 Å². The quantitative estimate of drug-likeness (QED) is 0.312. The fourth-order valence-corrected chi connectivity index (χ4v) is 7.66. The van der Waals surface area contributed by atoms with E-state index in [1.54, 1.807) is 23.4 Å². The highest BCUT2D eigenvalue weighted by molar-refractivity contribution is 5.92. The van der Waals surface area contributed by atoms with Crippen molar-refractivity contribution in [2.75, 3.05) is 25.0 Å². The Morgan fingerprint density at radius 1 is 1.00 bits per heavy atom. The molecule has 51 heavy (non-hydrogen) atoms. The number of carbonyl (C=O) groups is 3. The topological polar surface area (TPSA) is 158 Å². The maximum absolute atomic E-state index is 14.3. The molecule has 1 saturated heterocycles. The second-order valence-corrected chi connectivity index (χ2v) is 15.2. The van der Waals surface area contributed by atoms with Gasteiger partial charge in [0, 0.05) is 24.4 Å². The van der Waals surface area contributed by atoms with E-state index < -0.39 is 29.7 Å². The summed E-state index contributed by atoms with van der Waals surface area (Å²) in [5.74, 6) is 1.06. The van der Waals surface area contributed by atoms with Crippen LogP contribution < -0.4 is 20.1 Å². The zero-order valence-corrected chi connectivity index (χ0v) is 30.4. The van der Waals surface area contributed by atoms with Crippen molar-refractivity contribution in [3.05, 3.63) is 42.4 Å². The van der Waals surface area contributed by atoms with Gasteiger partial charge in [0.2, 0.25) is 17.7 Å². The van der Waals surface area contributed by atoms with Gasteiger partial charge in [-0.25, -0.2) is 24.7 Å². The molecule has 13 heteroatoms. The normalized spacial score (nSPS) is 26.2. The summed E-state index contributed by atoms with van der Waals surface area (Å²) < 4.78 is 18.6. The van der Waals surface area contributed by atoms with Crippen LogP contribution in [0.15, 0.2) is 36.7 Å². The van der Waals surface area contributed by atoms with Gasteiger partial charge in [0.05, 0.1) is 30.2 Å². The average molecular weight is 702 g/mol. The van der Waals surface area contributed by atoms with E-state index in [-0.39, 0.29) is 30.3 Å². The van der Waals surface area contributed by atoms with Gasteiger partial charge in [-0.3, -0.25) is 9.59 Å². The van der Waals surface area contributed by atoms with E-state index in [2.05, 4.69) is 20.6 Å². The summed E-state index contributed by atoms with van der Waals surface area (Å²) in [6.45, 7) is 10.2. The van der Waals surface area contributed by atoms with Crippen molar-refractivity contribution in [3.63, 3.8) is 0 Å². The Balaban J connectivity index is 1.28. The van der Waals surface area contributed by atoms with Gasteiger partial charge in [-0.05, 0) is 75.0 Å². The van der Waals surface area contributed by atoms with Crippen molar-refractivity contribution >= 4 is 34.8 Å². The molecule has 2 amide bonds. The van der Waals surface area contributed by atoms with Crippen LogP contribution in [-0.4, -0.2) is 86.6 Å². The molecule has 2 bridgehead atoms. The number of fused-ring (bicyclic) bond motifs is 5. The number of nitrogens with one attached hydrogen (secondary N) is 2. The Labute approximate surface area is 299 Å². The molecule has 2 fully saturated rings. The monoisotopic (exact) mass is 701 g/mol. The largest absolute Gasteiger partial charge is 0.492 e. The number of rotatable bonds is 6. The minimum atomic E-state index is -0.901. The Morgan fingerprint density at radius 2 is 1.78 bits per heavy atom. The van der Waals surface area contributed by atoms with E-state index in [9.17, 15) is 14.4 Å². The Bertz CT molecular complexity index is 1700. The third-order valence-electron chi connectivity index (χ3n) is 10.4. The van der Waals surface area contributed by atoms with Crippen LogP contribution >= 0.6 is 0 Å². The molecule has 3 aliphatic rings. The minimum absolute atomic E-state index is 0.142. The lowest BCUT2D eigenvalue weighted by Crippen LogP contribution is -2.57. The first-order valence-electron chi connectivity index (χ1n) is 18.4. The number of Topliss-reactive ketones (excluding diaryl/α,β-unsaturated/α-hetero) is 1. The number of hydrogen-bond donors (Lipinski definition) is 2. The summed E-state index contributed by atoms with van der Waals surface area (Å²) in [7, 11) is 0. The SMILES string of the molecule is CC(=O)[C@@H]1[C@H](C)[C@@H]2CN1C(=O)[C@H](C(C)(C)C)NC(=O)O[C@@H]1CCC[C@H]1CCCCCc1nc3ccc(OCCNc4ncccn4)cc3nc1O2. The number of ketones is 1.